The Kier molecular flexibility index (Phi) is 1.93. The third-order valence-electron chi connectivity index (χ3n) is 0.812. The molecule has 1 aliphatic rings. The molecular formula is C4H3Cl2FN2. The number of nitrogens with zero attached hydrogens (tertiary/aromatic N) is 2. The van der Waals surface area contributed by atoms with Crippen molar-refractivity contribution in [1.29, 1.82) is 0 Å². The highest BCUT2D eigenvalue weighted by Crippen LogP contribution is 2.14. The topological polar surface area (TPSA) is 15.6 Å². The first-order valence-corrected chi connectivity index (χ1v) is 2.93. The summed E-state index contributed by atoms with van der Waals surface area (Å²) in [6.45, 7) is 0.130. The summed E-state index contributed by atoms with van der Waals surface area (Å²) >= 11 is 10.7. The van der Waals surface area contributed by atoms with Gasteiger partial charge in [0.15, 0.2) is 0 Å². The highest BCUT2D eigenvalue weighted by Gasteiger charge is 2.11. The van der Waals surface area contributed by atoms with Gasteiger partial charge in [-0.2, -0.15) is 4.39 Å². The maximum atomic E-state index is 12.2. The molecule has 0 unspecified atom stereocenters. The Morgan fingerprint density at radius 1 is 1.78 bits per heavy atom. The molecule has 0 saturated carbocycles. The molecule has 0 aromatic rings. The molecule has 5 heteroatoms. The molecular weight excluding hydrogens is 166 g/mol. The smallest absolute Gasteiger partial charge is 0.222 e. The molecule has 0 aromatic heterocycles. The van der Waals surface area contributed by atoms with E-state index in [0.29, 0.717) is 0 Å². The van der Waals surface area contributed by atoms with E-state index in [0.717, 1.165) is 10.6 Å². The molecule has 0 amide bonds. The van der Waals surface area contributed by atoms with Crippen molar-refractivity contribution < 1.29 is 4.39 Å². The van der Waals surface area contributed by atoms with Gasteiger partial charge in [0.05, 0.1) is 12.7 Å². The van der Waals surface area contributed by atoms with E-state index in [1.807, 2.05) is 0 Å². The molecule has 0 atom stereocenters. The minimum Gasteiger partial charge on any atom is -0.252 e. The first-order valence-electron chi connectivity index (χ1n) is 2.21. The summed E-state index contributed by atoms with van der Waals surface area (Å²) in [6.07, 6.45) is 0.971. The van der Waals surface area contributed by atoms with Gasteiger partial charge in [-0.25, -0.2) is 4.99 Å². The van der Waals surface area contributed by atoms with Crippen molar-refractivity contribution in [3.05, 3.63) is 12.2 Å². The van der Waals surface area contributed by atoms with E-state index in [9.17, 15) is 4.39 Å². The number of halogens is 3. The highest BCUT2D eigenvalue weighted by molar-refractivity contribution is 6.66. The molecule has 2 nitrogen and oxygen atoms in total. The zero-order chi connectivity index (χ0) is 6.85. The fourth-order valence-electron chi connectivity index (χ4n) is 0.417. The van der Waals surface area contributed by atoms with Crippen LogP contribution in [0, 0.1) is 0 Å². The predicted octanol–water partition coefficient (Wildman–Crippen LogP) is 1.86. The van der Waals surface area contributed by atoms with E-state index in [-0.39, 0.29) is 11.7 Å². The van der Waals surface area contributed by atoms with E-state index in [4.69, 9.17) is 23.4 Å². The first kappa shape index (κ1) is 6.83. The Hall–Kier alpha value is -0.280. The summed E-state index contributed by atoms with van der Waals surface area (Å²) in [5.41, 5.74) is 0. The fraction of sp³-hybridized carbons (Fsp3) is 0.250. The number of hydrogen-bond acceptors (Lipinski definition) is 2. The minimum atomic E-state index is -0.582. The van der Waals surface area contributed by atoms with Gasteiger partial charge in [-0.15, -0.1) is 0 Å². The summed E-state index contributed by atoms with van der Waals surface area (Å²) in [6, 6.07) is 0. The third kappa shape index (κ3) is 1.56. The van der Waals surface area contributed by atoms with Crippen LogP contribution in [0.5, 0.6) is 0 Å². The molecule has 0 aliphatic carbocycles. The van der Waals surface area contributed by atoms with Crippen LogP contribution < -0.4 is 0 Å². The molecule has 1 aliphatic heterocycles. The first-order chi connectivity index (χ1) is 4.20. The Morgan fingerprint density at radius 2 is 2.44 bits per heavy atom. The van der Waals surface area contributed by atoms with Crippen molar-refractivity contribution in [2.75, 3.05) is 6.54 Å². The van der Waals surface area contributed by atoms with Crippen molar-refractivity contribution in [2.45, 2.75) is 0 Å². The van der Waals surface area contributed by atoms with E-state index >= 15 is 0 Å². The number of aliphatic imine (C=N–C) groups is 1. The monoisotopic (exact) mass is 168 g/mol. The van der Waals surface area contributed by atoms with Gasteiger partial charge in [0.1, 0.15) is 5.17 Å². The van der Waals surface area contributed by atoms with Crippen molar-refractivity contribution >= 4 is 28.5 Å². The van der Waals surface area contributed by atoms with Crippen LogP contribution in [0.4, 0.5) is 4.39 Å². The second-order valence-electron chi connectivity index (χ2n) is 1.48. The van der Waals surface area contributed by atoms with Crippen LogP contribution in [-0.2, 0) is 0 Å². The lowest BCUT2D eigenvalue weighted by Gasteiger charge is -2.13. The molecule has 0 fully saturated rings. The van der Waals surface area contributed by atoms with Gasteiger partial charge in [0.25, 0.3) is 0 Å². The van der Waals surface area contributed by atoms with Gasteiger partial charge in [-0.3, -0.25) is 4.42 Å². The molecule has 0 N–H and O–H groups in total. The largest absolute Gasteiger partial charge is 0.252 e. The summed E-state index contributed by atoms with van der Waals surface area (Å²) in [5, 5.41) is 0.284. The van der Waals surface area contributed by atoms with Gasteiger partial charge in [0.2, 0.25) is 5.95 Å². The van der Waals surface area contributed by atoms with Crippen LogP contribution in [0.25, 0.3) is 0 Å². The Labute approximate surface area is 61.7 Å². The standard InChI is InChI=1S/C4H3Cl2FN2/c5-3-2-9(6)4(7)1-8-3/h1H,2H2. The fourth-order valence-corrected chi connectivity index (χ4v) is 0.803. The summed E-state index contributed by atoms with van der Waals surface area (Å²) in [4.78, 5) is 3.48. The molecule has 0 radical (unpaired) electrons. The van der Waals surface area contributed by atoms with Crippen LogP contribution in [-0.4, -0.2) is 16.1 Å². The molecule has 1 rings (SSSR count). The van der Waals surface area contributed by atoms with Gasteiger partial charge in [-0.1, -0.05) is 11.6 Å². The normalized spacial score (nSPS) is 19.2. The summed E-state index contributed by atoms with van der Waals surface area (Å²) < 4.78 is 13.1. The second kappa shape index (κ2) is 2.54. The van der Waals surface area contributed by atoms with Crippen molar-refractivity contribution in [3.8, 4) is 0 Å². The SMILES string of the molecule is FC1=CN=C(Cl)CN1Cl. The van der Waals surface area contributed by atoms with Gasteiger partial charge < -0.3 is 0 Å². The van der Waals surface area contributed by atoms with Crippen LogP contribution in [0.15, 0.2) is 17.1 Å². The molecule has 1 heterocycles. The average Bonchev–Trinajstić information content (AvgIpc) is 1.80. The van der Waals surface area contributed by atoms with Crippen molar-refractivity contribution in [1.82, 2.24) is 4.42 Å². The Bertz CT molecular complexity index is 177. The predicted molar refractivity (Wildman–Crippen MR) is 35.0 cm³/mol. The van der Waals surface area contributed by atoms with Crippen LogP contribution >= 0.6 is 23.4 Å². The van der Waals surface area contributed by atoms with E-state index in [2.05, 4.69) is 4.99 Å². The average molecular weight is 169 g/mol. The van der Waals surface area contributed by atoms with Crippen molar-refractivity contribution in [2.24, 2.45) is 4.99 Å². The van der Waals surface area contributed by atoms with E-state index in [1.165, 1.54) is 0 Å². The molecule has 0 saturated heterocycles. The molecule has 50 valence electrons. The lowest BCUT2D eigenvalue weighted by Crippen LogP contribution is -2.18. The quantitative estimate of drug-likeness (QED) is 0.399. The van der Waals surface area contributed by atoms with Gasteiger partial charge >= 0.3 is 0 Å². The highest BCUT2D eigenvalue weighted by atomic mass is 35.5. The zero-order valence-electron chi connectivity index (χ0n) is 4.31. The maximum Gasteiger partial charge on any atom is 0.222 e. The lowest BCUT2D eigenvalue weighted by atomic mass is 10.6. The number of rotatable bonds is 0. The molecule has 9 heavy (non-hydrogen) atoms. The van der Waals surface area contributed by atoms with E-state index in [1.54, 1.807) is 0 Å². The Morgan fingerprint density at radius 3 is 2.89 bits per heavy atom. The molecule has 0 spiro atoms. The van der Waals surface area contributed by atoms with E-state index < -0.39 is 5.95 Å². The summed E-state index contributed by atoms with van der Waals surface area (Å²) in [7, 11) is 0. The van der Waals surface area contributed by atoms with Gasteiger partial charge in [0, 0.05) is 11.8 Å². The zero-order valence-corrected chi connectivity index (χ0v) is 5.82. The van der Waals surface area contributed by atoms with Gasteiger partial charge in [-0.05, 0) is 0 Å². The van der Waals surface area contributed by atoms with Crippen LogP contribution in [0.2, 0.25) is 0 Å². The van der Waals surface area contributed by atoms with Crippen LogP contribution in [0.1, 0.15) is 0 Å². The number of hydrogen-bond donors (Lipinski definition) is 0. The molecule has 0 aromatic carbocycles. The van der Waals surface area contributed by atoms with Crippen molar-refractivity contribution in [3.63, 3.8) is 0 Å². The maximum absolute atomic E-state index is 12.2. The minimum absolute atomic E-state index is 0.130. The summed E-state index contributed by atoms with van der Waals surface area (Å²) in [5.74, 6) is -0.582. The Balaban J connectivity index is 2.74. The molecule has 0 bridgehead atoms. The van der Waals surface area contributed by atoms with Crippen LogP contribution in [0.3, 0.4) is 0 Å². The lowest BCUT2D eigenvalue weighted by molar-refractivity contribution is 0.437. The second-order valence-corrected chi connectivity index (χ2v) is 2.32. The third-order valence-corrected chi connectivity index (χ3v) is 1.31.